The quantitative estimate of drug-likeness (QED) is 0.107. The van der Waals surface area contributed by atoms with Crippen molar-refractivity contribution in [2.45, 2.75) is 51.4 Å². The summed E-state index contributed by atoms with van der Waals surface area (Å²) in [4.78, 5) is 30.0. The Balaban J connectivity index is 1.23. The number of ether oxygens (including phenoxy) is 3. The van der Waals surface area contributed by atoms with Gasteiger partial charge >= 0.3 is 6.09 Å². The number of hydrogen-bond acceptors (Lipinski definition) is 5. The molecule has 0 saturated heterocycles. The average Bonchev–Trinajstić information content (AvgIpc) is 3.47. The highest BCUT2D eigenvalue weighted by Crippen LogP contribution is 2.44. The summed E-state index contributed by atoms with van der Waals surface area (Å²) in [5, 5.41) is 5.16. The highest BCUT2D eigenvalue weighted by atomic mass is 16.7. The number of nitrogens with zero attached hydrogens (tertiary/aromatic N) is 1. The molecule has 0 fully saturated rings. The molecule has 0 saturated carbocycles. The lowest BCUT2D eigenvalue weighted by Gasteiger charge is -2.31. The van der Waals surface area contributed by atoms with Crippen molar-refractivity contribution in [3.8, 4) is 11.1 Å². The van der Waals surface area contributed by atoms with E-state index in [1.54, 1.807) is 4.90 Å². The van der Waals surface area contributed by atoms with Gasteiger partial charge in [-0.3, -0.25) is 4.79 Å². The topological polar surface area (TPSA) is 77.1 Å². The van der Waals surface area contributed by atoms with E-state index in [0.717, 1.165) is 51.4 Å². The zero-order valence-corrected chi connectivity index (χ0v) is 28.9. The Morgan fingerprint density at radius 2 is 1.34 bits per heavy atom. The van der Waals surface area contributed by atoms with E-state index in [9.17, 15) is 9.59 Å². The van der Waals surface area contributed by atoms with Crippen molar-refractivity contribution in [3.63, 3.8) is 0 Å². The number of aryl methyl sites for hydroxylation is 1. The summed E-state index contributed by atoms with van der Waals surface area (Å²) in [6, 6.07) is 40.1. The maximum atomic E-state index is 14.6. The molecule has 0 unspecified atom stereocenters. The van der Waals surface area contributed by atoms with Gasteiger partial charge in [0.05, 0.1) is 6.54 Å². The maximum Gasteiger partial charge on any atom is 0.407 e. The van der Waals surface area contributed by atoms with Crippen LogP contribution >= 0.6 is 0 Å². The predicted octanol–water partition coefficient (Wildman–Crippen LogP) is 8.15. The normalized spacial score (nSPS) is 12.8. The van der Waals surface area contributed by atoms with E-state index in [4.69, 9.17) is 14.2 Å². The third-order valence-corrected chi connectivity index (χ3v) is 9.31. The Labute approximate surface area is 295 Å². The fourth-order valence-electron chi connectivity index (χ4n) is 6.92. The van der Waals surface area contributed by atoms with Crippen LogP contribution in [0, 0.1) is 0 Å². The minimum absolute atomic E-state index is 0.0876. The summed E-state index contributed by atoms with van der Waals surface area (Å²) in [7, 11) is 0. The van der Waals surface area contributed by atoms with Gasteiger partial charge in [-0.25, -0.2) is 4.79 Å². The summed E-state index contributed by atoms with van der Waals surface area (Å²) in [5.74, 6) is -0.292. The molecule has 0 spiro atoms. The minimum atomic E-state index is -0.868. The fourth-order valence-corrected chi connectivity index (χ4v) is 6.92. The van der Waals surface area contributed by atoms with Crippen LogP contribution < -0.4 is 5.32 Å². The van der Waals surface area contributed by atoms with E-state index in [2.05, 4.69) is 66.0 Å². The van der Waals surface area contributed by atoms with Gasteiger partial charge in [-0.15, -0.1) is 0 Å². The summed E-state index contributed by atoms with van der Waals surface area (Å²) in [5.41, 5.74) is 6.73. The highest BCUT2D eigenvalue weighted by Gasteiger charge is 2.32. The summed E-state index contributed by atoms with van der Waals surface area (Å²) in [6.45, 7) is 5.61. The van der Waals surface area contributed by atoms with Crippen molar-refractivity contribution in [2.75, 3.05) is 32.9 Å². The van der Waals surface area contributed by atoms with Gasteiger partial charge in [-0.1, -0.05) is 121 Å². The van der Waals surface area contributed by atoms with Crippen LogP contribution in [0.2, 0.25) is 0 Å². The largest absolute Gasteiger partial charge is 0.449 e. The maximum absolute atomic E-state index is 14.6. The molecule has 7 nitrogen and oxygen atoms in total. The first kappa shape index (κ1) is 34.9. The summed E-state index contributed by atoms with van der Waals surface area (Å²) < 4.78 is 17.7. The van der Waals surface area contributed by atoms with Crippen LogP contribution in [-0.2, 0) is 31.8 Å². The first-order chi connectivity index (χ1) is 24.5. The van der Waals surface area contributed by atoms with Gasteiger partial charge in [-0.05, 0) is 70.8 Å². The van der Waals surface area contributed by atoms with E-state index >= 15 is 0 Å². The van der Waals surface area contributed by atoms with Crippen LogP contribution in [0.1, 0.15) is 48.4 Å². The lowest BCUT2D eigenvalue weighted by Crippen LogP contribution is -2.52. The van der Waals surface area contributed by atoms with Gasteiger partial charge in [0.2, 0.25) is 5.91 Å². The summed E-state index contributed by atoms with van der Waals surface area (Å²) >= 11 is 0. The average molecular weight is 671 g/mol. The van der Waals surface area contributed by atoms with Gasteiger partial charge in [0, 0.05) is 32.1 Å². The van der Waals surface area contributed by atoms with Crippen LogP contribution in [0.15, 0.2) is 121 Å². The van der Waals surface area contributed by atoms with E-state index in [-0.39, 0.29) is 25.0 Å². The van der Waals surface area contributed by atoms with Gasteiger partial charge in [-0.2, -0.15) is 0 Å². The van der Waals surface area contributed by atoms with Gasteiger partial charge in [0.25, 0.3) is 0 Å². The van der Waals surface area contributed by atoms with Crippen molar-refractivity contribution in [3.05, 3.63) is 144 Å². The zero-order chi connectivity index (χ0) is 34.7. The second-order valence-electron chi connectivity index (χ2n) is 12.6. The molecule has 258 valence electrons. The Hall–Kier alpha value is -4.98. The van der Waals surface area contributed by atoms with Gasteiger partial charge < -0.3 is 24.4 Å². The Morgan fingerprint density at radius 1 is 0.720 bits per heavy atom. The second-order valence-corrected chi connectivity index (χ2v) is 12.6. The molecular weight excluding hydrogens is 624 g/mol. The van der Waals surface area contributed by atoms with E-state index < -0.39 is 18.4 Å². The molecule has 2 amide bonds. The number of carbonyl (C=O) groups is 2. The molecule has 0 aliphatic heterocycles. The number of fused-ring (bicyclic) bond motifs is 4. The molecule has 7 heteroatoms. The zero-order valence-electron chi connectivity index (χ0n) is 28.9. The molecule has 1 atom stereocenters. The highest BCUT2D eigenvalue weighted by molar-refractivity contribution is 5.87. The molecule has 0 heterocycles. The monoisotopic (exact) mass is 670 g/mol. The van der Waals surface area contributed by atoms with Crippen LogP contribution in [0.5, 0.6) is 0 Å². The number of hydrogen-bond donors (Lipinski definition) is 1. The van der Waals surface area contributed by atoms with E-state index in [1.165, 1.54) is 5.56 Å². The molecule has 5 aromatic carbocycles. The smallest absolute Gasteiger partial charge is 0.407 e. The lowest BCUT2D eigenvalue weighted by molar-refractivity contribution is -0.160. The number of carbonyl (C=O) groups excluding carboxylic acids is 2. The van der Waals surface area contributed by atoms with Crippen LogP contribution in [0.3, 0.4) is 0 Å². The first-order valence-corrected chi connectivity index (χ1v) is 17.7. The van der Waals surface area contributed by atoms with Crippen molar-refractivity contribution in [1.82, 2.24) is 10.2 Å². The predicted molar refractivity (Wildman–Crippen MR) is 198 cm³/mol. The molecule has 0 aromatic heterocycles. The summed E-state index contributed by atoms with van der Waals surface area (Å²) in [6.07, 6.45) is 0.654. The standard InChI is InChI=1S/C43H46N2O5/c1-3-48-41(49-4-2)29-45(26-14-17-31-15-6-5-7-16-31)42(46)40(28-32-24-25-33-18-8-9-19-34(33)27-32)44-43(47)50-30-39-37-22-12-10-20-35(37)36-21-11-13-23-38(36)39/h5-13,15-16,18-25,27,39-41H,3-4,14,17,26,28-30H2,1-2H3,(H,44,47)/t40-/m0/s1. The Kier molecular flexibility index (Phi) is 11.9. The molecular formula is C43H46N2O5. The molecule has 6 rings (SSSR count). The molecule has 5 aromatic rings. The number of nitrogens with one attached hydrogen (secondary N) is 1. The number of alkyl carbamates (subject to hydrolysis) is 1. The number of benzene rings is 5. The fraction of sp³-hybridized carbons (Fsp3) is 0.302. The Bertz CT molecular complexity index is 1820. The van der Waals surface area contributed by atoms with Crippen molar-refractivity contribution >= 4 is 22.8 Å². The van der Waals surface area contributed by atoms with Crippen LogP contribution in [0.4, 0.5) is 4.79 Å². The third kappa shape index (κ3) is 8.59. The first-order valence-electron chi connectivity index (χ1n) is 17.7. The van der Waals surface area contributed by atoms with E-state index in [1.807, 2.05) is 74.5 Å². The lowest BCUT2D eigenvalue weighted by atomic mass is 9.98. The number of rotatable bonds is 16. The molecule has 1 aliphatic carbocycles. The Morgan fingerprint density at radius 3 is 2.02 bits per heavy atom. The van der Waals surface area contributed by atoms with Crippen molar-refractivity contribution in [2.24, 2.45) is 0 Å². The number of amides is 2. The van der Waals surface area contributed by atoms with Crippen molar-refractivity contribution < 1.29 is 23.8 Å². The van der Waals surface area contributed by atoms with Gasteiger partial charge in [0.15, 0.2) is 6.29 Å². The van der Waals surface area contributed by atoms with E-state index in [0.29, 0.717) is 26.2 Å². The van der Waals surface area contributed by atoms with Crippen LogP contribution in [0.25, 0.3) is 21.9 Å². The molecule has 1 N–H and O–H groups in total. The second kappa shape index (κ2) is 17.1. The SMILES string of the molecule is CCOC(CN(CCCc1ccccc1)C(=O)[C@H](Cc1ccc2ccccc2c1)NC(=O)OCC1c2ccccc2-c2ccccc21)OCC. The van der Waals surface area contributed by atoms with Crippen molar-refractivity contribution in [1.29, 1.82) is 0 Å². The minimum Gasteiger partial charge on any atom is -0.449 e. The van der Waals surface area contributed by atoms with Gasteiger partial charge in [0.1, 0.15) is 12.6 Å². The third-order valence-electron chi connectivity index (χ3n) is 9.31. The molecule has 1 aliphatic rings. The molecule has 0 radical (unpaired) electrons. The molecule has 0 bridgehead atoms. The van der Waals surface area contributed by atoms with Crippen LogP contribution in [-0.4, -0.2) is 62.1 Å². The molecule has 50 heavy (non-hydrogen) atoms.